The van der Waals surface area contributed by atoms with Gasteiger partial charge in [-0.2, -0.15) is 9.78 Å². The van der Waals surface area contributed by atoms with Gasteiger partial charge < -0.3 is 5.32 Å². The number of rotatable bonds is 2. The van der Waals surface area contributed by atoms with Crippen molar-refractivity contribution < 1.29 is 4.79 Å². The van der Waals surface area contributed by atoms with Crippen LogP contribution in [0.2, 0.25) is 0 Å². The van der Waals surface area contributed by atoms with Crippen molar-refractivity contribution in [3.63, 3.8) is 0 Å². The molecule has 1 amide bonds. The number of hydrogen-bond donors (Lipinski definition) is 1. The lowest BCUT2D eigenvalue weighted by Gasteiger charge is -2.26. The quantitative estimate of drug-likeness (QED) is 0.926. The Hall–Kier alpha value is -2.14. The predicted molar refractivity (Wildman–Crippen MR) is 92.0 cm³/mol. The fraction of sp³-hybridized carbons (Fsp3) is 0.444. The van der Waals surface area contributed by atoms with Crippen LogP contribution in [0.25, 0.3) is 0 Å². The molecule has 0 saturated heterocycles. The van der Waals surface area contributed by atoms with E-state index >= 15 is 0 Å². The predicted octanol–water partition coefficient (Wildman–Crippen LogP) is 3.27. The summed E-state index contributed by atoms with van der Waals surface area (Å²) >= 11 is 0. The molecule has 122 valence electrons. The number of nitrogens with one attached hydrogen (secondary N) is 1. The van der Waals surface area contributed by atoms with Gasteiger partial charge in [0.15, 0.2) is 0 Å². The Morgan fingerprint density at radius 1 is 1.30 bits per heavy atom. The molecule has 1 N–H and O–H groups in total. The maximum atomic E-state index is 12.7. The molecule has 5 nitrogen and oxygen atoms in total. The van der Waals surface area contributed by atoms with E-state index in [1.807, 2.05) is 32.9 Å². The summed E-state index contributed by atoms with van der Waals surface area (Å²) in [7, 11) is 0. The van der Waals surface area contributed by atoms with E-state index in [1.54, 1.807) is 4.68 Å². The number of anilines is 1. The first-order valence-electron chi connectivity index (χ1n) is 8.18. The van der Waals surface area contributed by atoms with Crippen molar-refractivity contribution in [2.45, 2.75) is 40.7 Å². The molecule has 1 aromatic carbocycles. The summed E-state index contributed by atoms with van der Waals surface area (Å²) in [4.78, 5) is 15.0. The fourth-order valence-corrected chi connectivity index (χ4v) is 3.20. The smallest absolute Gasteiger partial charge is 0.306 e. The zero-order valence-corrected chi connectivity index (χ0v) is 14.3. The number of hydrogen-bond acceptors (Lipinski definition) is 3. The van der Waals surface area contributed by atoms with Crippen molar-refractivity contribution in [2.75, 3.05) is 18.4 Å². The average Bonchev–Trinajstić information content (AvgIpc) is 2.86. The third kappa shape index (κ3) is 3.01. The van der Waals surface area contributed by atoms with Crippen molar-refractivity contribution >= 4 is 11.7 Å². The first-order chi connectivity index (χ1) is 11.0. The van der Waals surface area contributed by atoms with Crippen molar-refractivity contribution in [1.29, 1.82) is 0 Å². The molecule has 1 aromatic heterocycles. The number of likely N-dealkylation sites (N-methyl/N-ethyl adjacent to an activating group) is 1. The van der Waals surface area contributed by atoms with Crippen LogP contribution in [0.15, 0.2) is 18.2 Å². The molecule has 0 unspecified atom stereocenters. The molecule has 3 rings (SSSR count). The molecule has 0 atom stereocenters. The maximum Gasteiger partial charge on any atom is 0.346 e. The molecule has 1 aliphatic rings. The van der Waals surface area contributed by atoms with Crippen LogP contribution >= 0.6 is 0 Å². The first-order valence-corrected chi connectivity index (χ1v) is 8.18. The molecule has 0 fully saturated rings. The van der Waals surface area contributed by atoms with Crippen LogP contribution in [0.1, 0.15) is 35.0 Å². The average molecular weight is 312 g/mol. The van der Waals surface area contributed by atoms with Crippen molar-refractivity contribution in [3.05, 3.63) is 46.3 Å². The van der Waals surface area contributed by atoms with E-state index in [0.29, 0.717) is 0 Å². The Kier molecular flexibility index (Phi) is 4.22. The van der Waals surface area contributed by atoms with Gasteiger partial charge in [0.2, 0.25) is 0 Å². The second-order valence-electron chi connectivity index (χ2n) is 6.29. The summed E-state index contributed by atoms with van der Waals surface area (Å²) in [5.74, 6) is 0. The van der Waals surface area contributed by atoms with Crippen LogP contribution in [0.5, 0.6) is 0 Å². The van der Waals surface area contributed by atoms with Crippen LogP contribution in [0.3, 0.4) is 0 Å². The van der Waals surface area contributed by atoms with Crippen molar-refractivity contribution in [2.24, 2.45) is 0 Å². The Morgan fingerprint density at radius 3 is 2.78 bits per heavy atom. The SMILES string of the molecule is CCN1CCc2c(c(C)nn2C(=O)Nc2ccc(C)cc2C)C1. The Bertz CT molecular complexity index is 748. The second-order valence-corrected chi connectivity index (χ2v) is 6.29. The van der Waals surface area contributed by atoms with Gasteiger partial charge in [-0.15, -0.1) is 0 Å². The zero-order valence-electron chi connectivity index (χ0n) is 14.3. The molecule has 1 aliphatic heterocycles. The van der Waals surface area contributed by atoms with Gasteiger partial charge in [0.1, 0.15) is 0 Å². The van der Waals surface area contributed by atoms with E-state index in [2.05, 4.69) is 28.3 Å². The lowest BCUT2D eigenvalue weighted by Crippen LogP contribution is -2.32. The normalized spacial score (nSPS) is 14.6. The van der Waals surface area contributed by atoms with E-state index in [-0.39, 0.29) is 6.03 Å². The monoisotopic (exact) mass is 312 g/mol. The molecular weight excluding hydrogens is 288 g/mol. The van der Waals surface area contributed by atoms with Crippen LogP contribution in [0.4, 0.5) is 10.5 Å². The van der Waals surface area contributed by atoms with Crippen LogP contribution < -0.4 is 5.32 Å². The van der Waals surface area contributed by atoms with E-state index < -0.39 is 0 Å². The minimum Gasteiger partial charge on any atom is -0.306 e. The Labute approximate surface area is 137 Å². The molecule has 2 heterocycles. The van der Waals surface area contributed by atoms with E-state index in [9.17, 15) is 4.79 Å². The van der Waals surface area contributed by atoms with Gasteiger partial charge in [-0.3, -0.25) is 4.90 Å². The van der Waals surface area contributed by atoms with Gasteiger partial charge >= 0.3 is 6.03 Å². The van der Waals surface area contributed by atoms with Gasteiger partial charge in [0.05, 0.1) is 11.4 Å². The summed E-state index contributed by atoms with van der Waals surface area (Å²) in [5, 5.41) is 7.47. The summed E-state index contributed by atoms with van der Waals surface area (Å²) in [6, 6.07) is 5.85. The number of benzene rings is 1. The standard InChI is InChI=1S/C18H24N4O/c1-5-21-9-8-17-15(11-21)14(4)20-22(17)18(23)19-16-7-6-12(2)10-13(16)3/h6-7,10H,5,8-9,11H2,1-4H3,(H,19,23). The topological polar surface area (TPSA) is 50.2 Å². The highest BCUT2D eigenvalue weighted by atomic mass is 16.2. The number of fused-ring (bicyclic) bond motifs is 1. The maximum absolute atomic E-state index is 12.7. The van der Waals surface area contributed by atoms with Crippen LogP contribution in [-0.4, -0.2) is 33.8 Å². The van der Waals surface area contributed by atoms with E-state index in [0.717, 1.165) is 48.7 Å². The van der Waals surface area contributed by atoms with E-state index in [1.165, 1.54) is 11.1 Å². The molecule has 0 bridgehead atoms. The molecule has 0 radical (unpaired) electrons. The van der Waals surface area contributed by atoms with Crippen molar-refractivity contribution in [1.82, 2.24) is 14.7 Å². The number of carbonyl (C=O) groups excluding carboxylic acids is 1. The summed E-state index contributed by atoms with van der Waals surface area (Å²) in [6.45, 7) is 11.1. The highest BCUT2D eigenvalue weighted by Gasteiger charge is 2.25. The zero-order chi connectivity index (χ0) is 16.6. The highest BCUT2D eigenvalue weighted by molar-refractivity contribution is 5.91. The van der Waals surface area contributed by atoms with Gasteiger partial charge in [-0.1, -0.05) is 24.6 Å². The number of aromatic nitrogens is 2. The van der Waals surface area contributed by atoms with Crippen LogP contribution in [0, 0.1) is 20.8 Å². The van der Waals surface area contributed by atoms with Gasteiger partial charge in [-0.25, -0.2) is 4.79 Å². The van der Waals surface area contributed by atoms with Crippen molar-refractivity contribution in [3.8, 4) is 0 Å². The number of carbonyl (C=O) groups is 1. The molecule has 2 aromatic rings. The lowest BCUT2D eigenvalue weighted by atomic mass is 10.1. The molecule has 23 heavy (non-hydrogen) atoms. The Morgan fingerprint density at radius 2 is 2.09 bits per heavy atom. The minimum absolute atomic E-state index is 0.175. The number of nitrogens with zero attached hydrogens (tertiary/aromatic N) is 3. The molecule has 0 spiro atoms. The third-order valence-electron chi connectivity index (χ3n) is 4.60. The largest absolute Gasteiger partial charge is 0.346 e. The van der Waals surface area contributed by atoms with E-state index in [4.69, 9.17) is 0 Å². The molecular formula is C18H24N4O. The fourth-order valence-electron chi connectivity index (χ4n) is 3.20. The second kappa shape index (κ2) is 6.16. The Balaban J connectivity index is 1.86. The minimum atomic E-state index is -0.175. The first kappa shape index (κ1) is 15.7. The summed E-state index contributed by atoms with van der Waals surface area (Å²) in [5.41, 5.74) is 6.30. The summed E-state index contributed by atoms with van der Waals surface area (Å²) in [6.07, 6.45) is 0.865. The molecule has 0 aliphatic carbocycles. The highest BCUT2D eigenvalue weighted by Crippen LogP contribution is 2.23. The van der Waals surface area contributed by atoms with Gasteiger partial charge in [-0.05, 0) is 38.9 Å². The molecule has 5 heteroatoms. The lowest BCUT2D eigenvalue weighted by molar-refractivity contribution is 0.246. The number of aryl methyl sites for hydroxylation is 3. The van der Waals surface area contributed by atoms with Gasteiger partial charge in [0.25, 0.3) is 0 Å². The van der Waals surface area contributed by atoms with Gasteiger partial charge in [0, 0.05) is 30.8 Å². The van der Waals surface area contributed by atoms with Crippen LogP contribution in [-0.2, 0) is 13.0 Å². The summed E-state index contributed by atoms with van der Waals surface area (Å²) < 4.78 is 1.55. The number of amides is 1. The third-order valence-corrected chi connectivity index (χ3v) is 4.60. The molecule has 0 saturated carbocycles.